The summed E-state index contributed by atoms with van der Waals surface area (Å²) >= 11 is 0. The molecule has 2 nitrogen and oxygen atoms in total. The number of benzene rings is 2. The third-order valence-corrected chi connectivity index (χ3v) is 2.48. The third kappa shape index (κ3) is 2.26. The normalized spacial score (nSPS) is 12.4. The van der Waals surface area contributed by atoms with E-state index in [-0.39, 0.29) is 5.56 Å². The van der Waals surface area contributed by atoms with E-state index in [9.17, 15) is 19.0 Å². The zero-order valence-electron chi connectivity index (χ0n) is 8.77. The van der Waals surface area contributed by atoms with Crippen LogP contribution < -0.4 is 0 Å². The van der Waals surface area contributed by atoms with Crippen LogP contribution in [-0.2, 0) is 0 Å². The van der Waals surface area contributed by atoms with Gasteiger partial charge in [-0.1, -0.05) is 30.3 Å². The van der Waals surface area contributed by atoms with Gasteiger partial charge in [0.25, 0.3) is 0 Å². The molecule has 2 N–H and O–H groups in total. The van der Waals surface area contributed by atoms with E-state index in [1.807, 2.05) is 0 Å². The highest BCUT2D eigenvalue weighted by Crippen LogP contribution is 2.30. The number of halogens is 2. The summed E-state index contributed by atoms with van der Waals surface area (Å²) in [5, 5.41) is 19.4. The van der Waals surface area contributed by atoms with E-state index in [1.54, 1.807) is 30.3 Å². The Morgan fingerprint density at radius 2 is 1.53 bits per heavy atom. The third-order valence-electron chi connectivity index (χ3n) is 2.48. The number of phenolic OH excluding ortho intramolecular Hbond substituents is 1. The maximum Gasteiger partial charge on any atom is 0.162 e. The average Bonchev–Trinajstić information content (AvgIpc) is 2.34. The number of aliphatic hydroxyl groups excluding tert-OH is 1. The molecule has 2 aromatic carbocycles. The Balaban J connectivity index is 2.44. The molecule has 0 amide bonds. The molecule has 0 saturated carbocycles. The molecule has 0 aliphatic heterocycles. The fraction of sp³-hybridized carbons (Fsp3) is 0.0769. The topological polar surface area (TPSA) is 40.5 Å². The molecule has 0 heterocycles. The molecule has 0 radical (unpaired) electrons. The Labute approximate surface area is 96.8 Å². The van der Waals surface area contributed by atoms with E-state index in [4.69, 9.17) is 0 Å². The molecule has 4 heteroatoms. The smallest absolute Gasteiger partial charge is 0.162 e. The average molecular weight is 236 g/mol. The van der Waals surface area contributed by atoms with Crippen molar-refractivity contribution in [2.24, 2.45) is 0 Å². The first kappa shape index (κ1) is 11.5. The van der Waals surface area contributed by atoms with Gasteiger partial charge < -0.3 is 10.2 Å². The second-order valence-electron chi connectivity index (χ2n) is 3.64. The molecule has 0 saturated heterocycles. The Morgan fingerprint density at radius 3 is 2.18 bits per heavy atom. The van der Waals surface area contributed by atoms with E-state index in [2.05, 4.69) is 0 Å². The lowest BCUT2D eigenvalue weighted by Crippen LogP contribution is -2.01. The van der Waals surface area contributed by atoms with Crippen LogP contribution >= 0.6 is 0 Å². The van der Waals surface area contributed by atoms with Crippen molar-refractivity contribution in [3.8, 4) is 5.75 Å². The monoisotopic (exact) mass is 236 g/mol. The first-order chi connectivity index (χ1) is 8.09. The number of aromatic hydroxyl groups is 1. The maximum atomic E-state index is 13.0. The summed E-state index contributed by atoms with van der Waals surface area (Å²) in [7, 11) is 0. The Bertz CT molecular complexity index is 526. The van der Waals surface area contributed by atoms with Gasteiger partial charge in [0.05, 0.1) is 0 Å². The fourth-order valence-corrected chi connectivity index (χ4v) is 1.59. The second kappa shape index (κ2) is 4.51. The van der Waals surface area contributed by atoms with Crippen LogP contribution in [0.1, 0.15) is 17.2 Å². The quantitative estimate of drug-likeness (QED) is 0.841. The van der Waals surface area contributed by atoms with Gasteiger partial charge >= 0.3 is 0 Å². The van der Waals surface area contributed by atoms with Crippen molar-refractivity contribution >= 4 is 0 Å². The molecule has 88 valence electrons. The molecule has 1 unspecified atom stereocenters. The van der Waals surface area contributed by atoms with Crippen molar-refractivity contribution in [2.75, 3.05) is 0 Å². The van der Waals surface area contributed by atoms with Crippen LogP contribution in [-0.4, -0.2) is 10.2 Å². The standard InChI is InChI=1S/C13H10F2O2/c14-10-6-9(12(16)7-11(10)15)13(17)8-4-2-1-3-5-8/h1-7,13,16-17H. The van der Waals surface area contributed by atoms with Gasteiger partial charge in [0.2, 0.25) is 0 Å². The molecule has 0 aliphatic carbocycles. The van der Waals surface area contributed by atoms with Crippen LogP contribution in [0.3, 0.4) is 0 Å². The summed E-state index contributed by atoms with van der Waals surface area (Å²) < 4.78 is 25.8. The van der Waals surface area contributed by atoms with Crippen LogP contribution in [0.5, 0.6) is 5.75 Å². The van der Waals surface area contributed by atoms with Gasteiger partial charge in [-0.3, -0.25) is 0 Å². The SMILES string of the molecule is Oc1cc(F)c(F)cc1C(O)c1ccccc1. The molecule has 0 aliphatic rings. The fourth-order valence-electron chi connectivity index (χ4n) is 1.59. The summed E-state index contributed by atoms with van der Waals surface area (Å²) in [6.45, 7) is 0. The minimum absolute atomic E-state index is 0.0601. The van der Waals surface area contributed by atoms with Crippen molar-refractivity contribution in [3.05, 3.63) is 65.2 Å². The largest absolute Gasteiger partial charge is 0.507 e. The molecule has 0 bridgehead atoms. The second-order valence-corrected chi connectivity index (χ2v) is 3.64. The van der Waals surface area contributed by atoms with Crippen molar-refractivity contribution in [2.45, 2.75) is 6.10 Å². The van der Waals surface area contributed by atoms with Crippen molar-refractivity contribution in [1.29, 1.82) is 0 Å². The number of hydrogen-bond donors (Lipinski definition) is 2. The van der Waals surface area contributed by atoms with Crippen LogP contribution in [0.25, 0.3) is 0 Å². The zero-order chi connectivity index (χ0) is 12.4. The highest BCUT2D eigenvalue weighted by atomic mass is 19.2. The minimum atomic E-state index is -1.19. The van der Waals surface area contributed by atoms with E-state index in [1.165, 1.54) is 0 Å². The van der Waals surface area contributed by atoms with Gasteiger partial charge in [0, 0.05) is 11.6 Å². The van der Waals surface area contributed by atoms with E-state index < -0.39 is 23.5 Å². The predicted molar refractivity (Wildman–Crippen MR) is 58.5 cm³/mol. The van der Waals surface area contributed by atoms with Crippen molar-refractivity contribution in [1.82, 2.24) is 0 Å². The van der Waals surface area contributed by atoms with Crippen LogP contribution in [0, 0.1) is 11.6 Å². The summed E-state index contributed by atoms with van der Waals surface area (Å²) in [4.78, 5) is 0. The highest BCUT2D eigenvalue weighted by Gasteiger charge is 2.17. The van der Waals surface area contributed by atoms with E-state index in [0.29, 0.717) is 11.6 Å². The number of hydrogen-bond acceptors (Lipinski definition) is 2. The summed E-state index contributed by atoms with van der Waals surface area (Å²) in [5.74, 6) is -2.72. The first-order valence-electron chi connectivity index (χ1n) is 5.00. The lowest BCUT2D eigenvalue weighted by Gasteiger charge is -2.13. The molecule has 1 atom stereocenters. The number of phenols is 1. The molecule has 0 fully saturated rings. The Kier molecular flexibility index (Phi) is 3.06. The molecule has 0 aromatic heterocycles. The molecule has 0 spiro atoms. The molecular weight excluding hydrogens is 226 g/mol. The van der Waals surface area contributed by atoms with Gasteiger partial charge in [-0.15, -0.1) is 0 Å². The number of aliphatic hydroxyl groups is 1. The number of rotatable bonds is 2. The lowest BCUT2D eigenvalue weighted by atomic mass is 10.0. The predicted octanol–water partition coefficient (Wildman–Crippen LogP) is 2.75. The lowest BCUT2D eigenvalue weighted by molar-refractivity contribution is 0.214. The molecule has 2 aromatic rings. The molecule has 2 rings (SSSR count). The summed E-state index contributed by atoms with van der Waals surface area (Å²) in [5.41, 5.74) is 0.434. The van der Waals surface area contributed by atoms with Gasteiger partial charge in [0.1, 0.15) is 11.9 Å². The summed E-state index contributed by atoms with van der Waals surface area (Å²) in [6, 6.07) is 9.88. The zero-order valence-corrected chi connectivity index (χ0v) is 8.77. The van der Waals surface area contributed by atoms with Gasteiger partial charge in [-0.25, -0.2) is 8.78 Å². The maximum absolute atomic E-state index is 13.0. The van der Waals surface area contributed by atoms with E-state index in [0.717, 1.165) is 6.07 Å². The molecular formula is C13H10F2O2. The Morgan fingerprint density at radius 1 is 0.941 bits per heavy atom. The van der Waals surface area contributed by atoms with E-state index >= 15 is 0 Å². The van der Waals surface area contributed by atoms with Gasteiger partial charge in [0.15, 0.2) is 11.6 Å². The van der Waals surface area contributed by atoms with Crippen molar-refractivity contribution < 1.29 is 19.0 Å². The van der Waals surface area contributed by atoms with Crippen molar-refractivity contribution in [3.63, 3.8) is 0 Å². The highest BCUT2D eigenvalue weighted by molar-refractivity contribution is 5.40. The first-order valence-corrected chi connectivity index (χ1v) is 5.00. The summed E-state index contributed by atoms with van der Waals surface area (Å²) in [6.07, 6.45) is -1.19. The van der Waals surface area contributed by atoms with Gasteiger partial charge in [-0.05, 0) is 11.6 Å². The van der Waals surface area contributed by atoms with Crippen LogP contribution in [0.15, 0.2) is 42.5 Å². The minimum Gasteiger partial charge on any atom is -0.507 e. The van der Waals surface area contributed by atoms with Crippen LogP contribution in [0.2, 0.25) is 0 Å². The molecule has 17 heavy (non-hydrogen) atoms. The Hall–Kier alpha value is -1.94. The van der Waals surface area contributed by atoms with Crippen LogP contribution in [0.4, 0.5) is 8.78 Å². The van der Waals surface area contributed by atoms with Gasteiger partial charge in [-0.2, -0.15) is 0 Å².